The highest BCUT2D eigenvalue weighted by Crippen LogP contribution is 2.59. The Morgan fingerprint density at radius 3 is 2.91 bits per heavy atom. The van der Waals surface area contributed by atoms with Gasteiger partial charge in [-0.1, -0.05) is 23.4 Å². The van der Waals surface area contributed by atoms with Gasteiger partial charge in [-0.2, -0.15) is 4.98 Å². The third-order valence-corrected chi connectivity index (χ3v) is 6.00. The second-order valence-electron chi connectivity index (χ2n) is 8.02. The first-order chi connectivity index (χ1) is 15.5. The van der Waals surface area contributed by atoms with Crippen molar-refractivity contribution in [3.05, 3.63) is 81.4 Å². The summed E-state index contributed by atoms with van der Waals surface area (Å²) in [7, 11) is 1.73. The Bertz CT molecular complexity index is 1510. The number of hydrogen-bond acceptors (Lipinski definition) is 6. The molecule has 0 aliphatic heterocycles. The fourth-order valence-corrected chi connectivity index (χ4v) is 4.32. The molecule has 2 aliphatic rings. The molecule has 0 N–H and O–H groups in total. The monoisotopic (exact) mass is 434 g/mol. The van der Waals surface area contributed by atoms with Crippen molar-refractivity contribution in [2.45, 2.75) is 25.3 Å². The molecule has 6 rings (SSSR count). The molecular weight excluding hydrogens is 418 g/mol. The Hall–Kier alpha value is -3.91. The number of allylic oxidation sites excluding steroid dienone is 1. The van der Waals surface area contributed by atoms with Crippen molar-refractivity contribution >= 4 is 16.7 Å². The lowest BCUT2D eigenvalue weighted by Gasteiger charge is -2.06. The summed E-state index contributed by atoms with van der Waals surface area (Å²) in [5.74, 6) is 1.09. The van der Waals surface area contributed by atoms with Crippen molar-refractivity contribution in [3.63, 3.8) is 0 Å². The van der Waals surface area contributed by atoms with E-state index in [1.54, 1.807) is 24.0 Å². The number of hydrogen-bond donors (Lipinski definition) is 0. The van der Waals surface area contributed by atoms with Crippen LogP contribution in [-0.2, 0) is 13.6 Å². The second-order valence-corrected chi connectivity index (χ2v) is 8.02. The average molecular weight is 434 g/mol. The van der Waals surface area contributed by atoms with E-state index < -0.39 is 6.43 Å². The highest BCUT2D eigenvalue weighted by Gasteiger charge is 2.51. The van der Waals surface area contributed by atoms with Crippen molar-refractivity contribution in [3.8, 4) is 0 Å². The maximum atomic E-state index is 13.0. The number of rotatable bonds is 5. The van der Waals surface area contributed by atoms with Gasteiger partial charge in [0.1, 0.15) is 12.9 Å². The Morgan fingerprint density at radius 1 is 1.28 bits per heavy atom. The van der Waals surface area contributed by atoms with Gasteiger partial charge >= 0.3 is 0 Å². The second kappa shape index (κ2) is 6.80. The van der Waals surface area contributed by atoms with E-state index >= 15 is 0 Å². The van der Waals surface area contributed by atoms with Crippen molar-refractivity contribution in [2.24, 2.45) is 13.0 Å². The first-order valence-electron chi connectivity index (χ1n) is 10.1. The molecule has 32 heavy (non-hydrogen) atoms. The zero-order valence-corrected chi connectivity index (χ0v) is 16.9. The van der Waals surface area contributed by atoms with Gasteiger partial charge < -0.3 is 9.09 Å². The van der Waals surface area contributed by atoms with Gasteiger partial charge in [-0.15, -0.1) is 5.73 Å². The minimum Gasteiger partial charge on any atom is -0.337 e. The van der Waals surface area contributed by atoms with Crippen molar-refractivity contribution in [1.29, 1.82) is 0 Å². The molecule has 0 bridgehead atoms. The molecule has 0 radical (unpaired) electrons. The van der Waals surface area contributed by atoms with Crippen LogP contribution in [0.3, 0.4) is 0 Å². The molecule has 160 valence electrons. The lowest BCUT2D eigenvalue weighted by atomic mass is 10.00. The van der Waals surface area contributed by atoms with E-state index in [2.05, 4.69) is 25.8 Å². The smallest absolute Gasteiger partial charge is 0.280 e. The number of imidazole rings is 1. The SMILES string of the molecule is Cn1cnc2ncn(Cc3nc([C@@H]4C5=C=C(c6cccc(C(F)F)c6)C[C@H]54)no3)c(=O)c21. The fourth-order valence-electron chi connectivity index (χ4n) is 4.32. The number of alkyl halides is 2. The van der Waals surface area contributed by atoms with Crippen LogP contribution in [0.25, 0.3) is 16.7 Å². The number of fused-ring (bicyclic) bond motifs is 2. The van der Waals surface area contributed by atoms with Gasteiger partial charge in [-0.3, -0.25) is 9.36 Å². The van der Waals surface area contributed by atoms with Gasteiger partial charge in [-0.05, 0) is 23.6 Å². The molecule has 8 nitrogen and oxygen atoms in total. The lowest BCUT2D eigenvalue weighted by molar-refractivity contribution is 0.151. The summed E-state index contributed by atoms with van der Waals surface area (Å²) < 4.78 is 34.3. The summed E-state index contributed by atoms with van der Waals surface area (Å²) in [4.78, 5) is 25.4. The van der Waals surface area contributed by atoms with E-state index in [1.807, 2.05) is 6.07 Å². The molecule has 2 aliphatic carbocycles. The summed E-state index contributed by atoms with van der Waals surface area (Å²) in [6.45, 7) is 0.109. The van der Waals surface area contributed by atoms with Gasteiger partial charge in [0.15, 0.2) is 17.0 Å². The molecule has 10 heteroatoms. The summed E-state index contributed by atoms with van der Waals surface area (Å²) >= 11 is 0. The zero-order valence-electron chi connectivity index (χ0n) is 16.9. The standard InChI is InChI=1S/C22H16F2N6O2/c1-29-9-25-21-18(29)22(31)30(10-26-21)8-16-27-20(28-32-16)17-14-6-13(7-15(14)17)11-3-2-4-12(5-11)19(23)24/h2-5,9-10,14,17,19H,6,8H2,1H3/t14-,17+/m1/s1. The molecular formula is C22H16F2N6O2. The van der Waals surface area contributed by atoms with E-state index in [0.29, 0.717) is 29.3 Å². The van der Waals surface area contributed by atoms with Gasteiger partial charge in [0.2, 0.25) is 5.89 Å². The Morgan fingerprint density at radius 2 is 2.12 bits per heavy atom. The molecule has 3 aromatic heterocycles. The van der Waals surface area contributed by atoms with Crippen LogP contribution in [0.1, 0.15) is 41.6 Å². The third kappa shape index (κ3) is 2.91. The van der Waals surface area contributed by atoms with Gasteiger partial charge in [0.25, 0.3) is 12.0 Å². The van der Waals surface area contributed by atoms with E-state index in [-0.39, 0.29) is 29.5 Å². The molecule has 0 amide bonds. The highest BCUT2D eigenvalue weighted by molar-refractivity contribution is 5.73. The van der Waals surface area contributed by atoms with E-state index in [9.17, 15) is 13.6 Å². The van der Waals surface area contributed by atoms with Crippen LogP contribution in [0.4, 0.5) is 8.78 Å². The van der Waals surface area contributed by atoms with E-state index in [0.717, 1.165) is 16.7 Å². The first-order valence-corrected chi connectivity index (χ1v) is 10.1. The predicted octanol–water partition coefficient (Wildman–Crippen LogP) is 3.22. The number of aryl methyl sites for hydroxylation is 1. The number of benzene rings is 1. The molecule has 0 spiro atoms. The zero-order chi connectivity index (χ0) is 22.0. The molecule has 2 atom stereocenters. The van der Waals surface area contributed by atoms with Crippen molar-refractivity contribution in [2.75, 3.05) is 0 Å². The Balaban J connectivity index is 1.24. The summed E-state index contributed by atoms with van der Waals surface area (Å²) in [6.07, 6.45) is 1.17. The van der Waals surface area contributed by atoms with Gasteiger partial charge in [0, 0.05) is 24.1 Å². The minimum atomic E-state index is -2.49. The molecule has 1 fully saturated rings. The summed E-state index contributed by atoms with van der Waals surface area (Å²) in [6, 6.07) is 6.41. The minimum absolute atomic E-state index is 0.00998. The summed E-state index contributed by atoms with van der Waals surface area (Å²) in [5.41, 5.74) is 6.67. The van der Waals surface area contributed by atoms with Crippen molar-refractivity contribution < 1.29 is 13.3 Å². The van der Waals surface area contributed by atoms with Crippen molar-refractivity contribution in [1.82, 2.24) is 29.2 Å². The quantitative estimate of drug-likeness (QED) is 0.448. The highest BCUT2D eigenvalue weighted by atomic mass is 19.3. The van der Waals surface area contributed by atoms with Crippen LogP contribution in [0.5, 0.6) is 0 Å². The topological polar surface area (TPSA) is 91.6 Å². The van der Waals surface area contributed by atoms with Crippen LogP contribution in [0.2, 0.25) is 0 Å². The molecule has 4 aromatic rings. The largest absolute Gasteiger partial charge is 0.337 e. The molecule has 1 saturated carbocycles. The predicted molar refractivity (Wildman–Crippen MR) is 109 cm³/mol. The molecule has 0 saturated heterocycles. The van der Waals surface area contributed by atoms with Crippen LogP contribution >= 0.6 is 0 Å². The Labute approximate surface area is 179 Å². The molecule has 3 heterocycles. The third-order valence-electron chi connectivity index (χ3n) is 6.00. The molecule has 0 unspecified atom stereocenters. The maximum Gasteiger partial charge on any atom is 0.280 e. The average Bonchev–Trinajstić information content (AvgIpc) is 3.21. The lowest BCUT2D eigenvalue weighted by Crippen LogP contribution is -2.22. The van der Waals surface area contributed by atoms with Crippen LogP contribution in [0.15, 0.2) is 57.5 Å². The van der Waals surface area contributed by atoms with Gasteiger partial charge in [0.05, 0.1) is 12.2 Å². The van der Waals surface area contributed by atoms with Crippen LogP contribution in [-0.4, -0.2) is 29.2 Å². The Kier molecular flexibility index (Phi) is 4.00. The van der Waals surface area contributed by atoms with Gasteiger partial charge in [-0.25, -0.2) is 18.7 Å². The fraction of sp³-hybridized carbons (Fsp3) is 0.273. The maximum absolute atomic E-state index is 13.0. The first kappa shape index (κ1) is 18.8. The molecule has 1 aromatic carbocycles. The number of halogens is 2. The normalized spacial score (nSPS) is 19.4. The van der Waals surface area contributed by atoms with E-state index in [4.69, 9.17) is 4.52 Å². The summed E-state index contributed by atoms with van der Waals surface area (Å²) in [5, 5.41) is 4.08. The van der Waals surface area contributed by atoms with Crippen LogP contribution in [0, 0.1) is 5.92 Å². The van der Waals surface area contributed by atoms with E-state index in [1.165, 1.54) is 23.0 Å². The van der Waals surface area contributed by atoms with Crippen LogP contribution < -0.4 is 5.56 Å². The number of nitrogens with zero attached hydrogens (tertiary/aromatic N) is 6. The number of aromatic nitrogens is 6.